The molecule has 0 bridgehead atoms. The van der Waals surface area contributed by atoms with E-state index in [1.54, 1.807) is 4.90 Å². The summed E-state index contributed by atoms with van der Waals surface area (Å²) in [4.78, 5) is 26.6. The molecule has 2 aliphatic rings. The fraction of sp³-hybridized carbons (Fsp3) is 0.882. The summed E-state index contributed by atoms with van der Waals surface area (Å²) in [5.74, 6) is 0.143. The number of halogens is 6. The van der Waals surface area contributed by atoms with Crippen LogP contribution in [0.3, 0.4) is 0 Å². The molecule has 2 aliphatic heterocycles. The molecular formula is C17H24F6N2O4. The maximum Gasteiger partial charge on any atom is 0.434 e. The molecule has 0 radical (unpaired) electrons. The molecule has 6 nitrogen and oxygen atoms in total. The first-order valence-electron chi connectivity index (χ1n) is 9.30. The van der Waals surface area contributed by atoms with Crippen molar-refractivity contribution < 1.29 is 45.4 Å². The third-order valence-electron chi connectivity index (χ3n) is 5.12. The van der Waals surface area contributed by atoms with E-state index in [9.17, 15) is 35.9 Å². The van der Waals surface area contributed by atoms with Crippen molar-refractivity contribution in [3.8, 4) is 0 Å². The number of hydrogen-bond acceptors (Lipinski definition) is 4. The molecule has 0 N–H and O–H groups in total. The van der Waals surface area contributed by atoms with Gasteiger partial charge in [-0.15, -0.1) is 0 Å². The first-order valence-corrected chi connectivity index (χ1v) is 9.30. The first kappa shape index (κ1) is 23.4. The molecule has 0 atom stereocenters. The zero-order chi connectivity index (χ0) is 22.0. The Bertz CT molecular complexity index is 586. The SMILES string of the molecule is CC(C)COC(=O)N1CCCC12CCN(C(=O)OC(C(F)(F)F)C(F)(F)F)CC2. The van der Waals surface area contributed by atoms with Crippen LogP contribution in [-0.2, 0) is 9.47 Å². The van der Waals surface area contributed by atoms with Gasteiger partial charge in [0.25, 0.3) is 6.10 Å². The standard InChI is InChI=1S/C17H24F6N2O4/c1-11(2)10-28-14(27)25-7-3-4-15(25)5-8-24(9-6-15)13(26)29-12(16(18,19)20)17(21,22)23/h11-12H,3-10H2,1-2H3. The number of ether oxygens (including phenoxy) is 2. The molecule has 0 aromatic rings. The average Bonchev–Trinajstić information content (AvgIpc) is 2.99. The van der Waals surface area contributed by atoms with Crippen LogP contribution in [-0.4, -0.2) is 72.2 Å². The average molecular weight is 434 g/mol. The van der Waals surface area contributed by atoms with Gasteiger partial charge in [0.05, 0.1) is 6.61 Å². The van der Waals surface area contributed by atoms with Gasteiger partial charge < -0.3 is 19.3 Å². The summed E-state index contributed by atoms with van der Waals surface area (Å²) in [5.41, 5.74) is -0.613. The highest BCUT2D eigenvalue weighted by Crippen LogP contribution is 2.40. The Hall–Kier alpha value is -1.88. The third-order valence-corrected chi connectivity index (χ3v) is 5.12. The van der Waals surface area contributed by atoms with Crippen molar-refractivity contribution in [2.75, 3.05) is 26.2 Å². The lowest BCUT2D eigenvalue weighted by Gasteiger charge is -2.44. The van der Waals surface area contributed by atoms with Crippen molar-refractivity contribution in [2.24, 2.45) is 5.92 Å². The zero-order valence-corrected chi connectivity index (χ0v) is 16.1. The van der Waals surface area contributed by atoms with Crippen molar-refractivity contribution in [3.63, 3.8) is 0 Å². The third kappa shape index (κ3) is 5.59. The van der Waals surface area contributed by atoms with Crippen LogP contribution < -0.4 is 0 Å². The van der Waals surface area contributed by atoms with Crippen LogP contribution in [0, 0.1) is 5.92 Å². The van der Waals surface area contributed by atoms with Crippen molar-refractivity contribution in [1.82, 2.24) is 9.80 Å². The van der Waals surface area contributed by atoms with Gasteiger partial charge in [-0.3, -0.25) is 0 Å². The summed E-state index contributed by atoms with van der Waals surface area (Å²) < 4.78 is 84.5. The molecule has 2 amide bonds. The highest BCUT2D eigenvalue weighted by atomic mass is 19.4. The van der Waals surface area contributed by atoms with Gasteiger partial charge in [0.15, 0.2) is 0 Å². The molecule has 1 spiro atoms. The van der Waals surface area contributed by atoms with E-state index in [0.29, 0.717) is 19.4 Å². The minimum atomic E-state index is -5.76. The molecule has 0 aromatic heterocycles. The molecule has 2 rings (SSSR count). The summed E-state index contributed by atoms with van der Waals surface area (Å²) in [6.45, 7) is 4.22. The van der Waals surface area contributed by atoms with Crippen LogP contribution in [0.1, 0.15) is 39.5 Å². The normalized spacial score (nSPS) is 19.9. The second-order valence-electron chi connectivity index (χ2n) is 7.78. The molecule has 2 heterocycles. The molecule has 29 heavy (non-hydrogen) atoms. The van der Waals surface area contributed by atoms with Crippen LogP contribution in [0.25, 0.3) is 0 Å². The number of amides is 2. The molecule has 168 valence electrons. The Morgan fingerprint density at radius 1 is 0.931 bits per heavy atom. The molecule has 2 saturated heterocycles. The second kappa shape index (κ2) is 8.47. The van der Waals surface area contributed by atoms with Crippen LogP contribution in [0.2, 0.25) is 0 Å². The second-order valence-corrected chi connectivity index (χ2v) is 7.78. The van der Waals surface area contributed by atoms with E-state index in [-0.39, 0.29) is 38.5 Å². The van der Waals surface area contributed by atoms with Gasteiger partial charge in [-0.25, -0.2) is 9.59 Å². The minimum Gasteiger partial charge on any atom is -0.449 e. The molecule has 0 unspecified atom stereocenters. The van der Waals surface area contributed by atoms with Crippen molar-refractivity contribution in [1.29, 1.82) is 0 Å². The van der Waals surface area contributed by atoms with Crippen LogP contribution in [0.5, 0.6) is 0 Å². The van der Waals surface area contributed by atoms with E-state index in [0.717, 1.165) is 4.90 Å². The number of hydrogen-bond donors (Lipinski definition) is 0. The predicted octanol–water partition coefficient (Wildman–Crippen LogP) is 4.34. The quantitative estimate of drug-likeness (QED) is 0.621. The number of likely N-dealkylation sites (tertiary alicyclic amines) is 2. The lowest BCUT2D eigenvalue weighted by Crippen LogP contribution is -2.56. The minimum absolute atomic E-state index is 0.116. The van der Waals surface area contributed by atoms with Gasteiger partial charge in [0.1, 0.15) is 0 Å². The van der Waals surface area contributed by atoms with E-state index in [2.05, 4.69) is 4.74 Å². The summed E-state index contributed by atoms with van der Waals surface area (Å²) in [6, 6.07) is 0. The van der Waals surface area contributed by atoms with E-state index < -0.39 is 36.2 Å². The van der Waals surface area contributed by atoms with E-state index in [1.807, 2.05) is 13.8 Å². The van der Waals surface area contributed by atoms with E-state index >= 15 is 0 Å². The van der Waals surface area contributed by atoms with Gasteiger partial charge in [-0.1, -0.05) is 13.8 Å². The summed E-state index contributed by atoms with van der Waals surface area (Å²) >= 11 is 0. The predicted molar refractivity (Wildman–Crippen MR) is 88.0 cm³/mol. The summed E-state index contributed by atoms with van der Waals surface area (Å²) in [7, 11) is 0. The fourth-order valence-corrected chi connectivity index (χ4v) is 3.66. The topological polar surface area (TPSA) is 59.1 Å². The van der Waals surface area contributed by atoms with Crippen LogP contribution in [0.4, 0.5) is 35.9 Å². The lowest BCUT2D eigenvalue weighted by molar-refractivity contribution is -0.308. The molecule has 2 fully saturated rings. The van der Waals surface area contributed by atoms with Gasteiger partial charge in [-0.2, -0.15) is 26.3 Å². The molecular weight excluding hydrogens is 410 g/mol. The molecule has 0 saturated carbocycles. The van der Waals surface area contributed by atoms with Crippen LogP contribution >= 0.6 is 0 Å². The van der Waals surface area contributed by atoms with E-state index in [1.165, 1.54) is 0 Å². The van der Waals surface area contributed by atoms with Crippen molar-refractivity contribution in [3.05, 3.63) is 0 Å². The summed E-state index contributed by atoms with van der Waals surface area (Å²) in [5, 5.41) is 0. The fourth-order valence-electron chi connectivity index (χ4n) is 3.66. The summed E-state index contributed by atoms with van der Waals surface area (Å²) in [6.07, 6.45) is -16.1. The van der Waals surface area contributed by atoms with Crippen molar-refractivity contribution >= 4 is 12.2 Å². The Morgan fingerprint density at radius 2 is 1.48 bits per heavy atom. The number of rotatable bonds is 3. The van der Waals surface area contributed by atoms with Gasteiger partial charge >= 0.3 is 24.5 Å². The van der Waals surface area contributed by atoms with Gasteiger partial charge in [-0.05, 0) is 31.6 Å². The van der Waals surface area contributed by atoms with Crippen molar-refractivity contribution in [2.45, 2.75) is 63.5 Å². The van der Waals surface area contributed by atoms with Gasteiger partial charge in [0, 0.05) is 25.2 Å². The Morgan fingerprint density at radius 3 is 1.97 bits per heavy atom. The monoisotopic (exact) mass is 434 g/mol. The largest absolute Gasteiger partial charge is 0.449 e. The Labute approximate surface area is 164 Å². The number of alkyl halides is 6. The molecule has 0 aromatic carbocycles. The number of nitrogens with zero attached hydrogens (tertiary/aromatic N) is 2. The lowest BCUT2D eigenvalue weighted by atomic mass is 9.85. The number of piperidine rings is 1. The molecule has 0 aliphatic carbocycles. The highest BCUT2D eigenvalue weighted by molar-refractivity contribution is 5.70. The Kier molecular flexibility index (Phi) is 6.83. The van der Waals surface area contributed by atoms with Gasteiger partial charge in [0.2, 0.25) is 0 Å². The Balaban J connectivity index is 1.98. The van der Waals surface area contributed by atoms with E-state index in [4.69, 9.17) is 4.74 Å². The first-order chi connectivity index (χ1) is 13.3. The smallest absolute Gasteiger partial charge is 0.434 e. The highest BCUT2D eigenvalue weighted by Gasteiger charge is 2.60. The maximum absolute atomic E-state index is 12.6. The van der Waals surface area contributed by atoms with Crippen LogP contribution in [0.15, 0.2) is 0 Å². The molecule has 12 heteroatoms. The number of carbonyl (C=O) groups is 2. The maximum atomic E-state index is 12.6. The number of carbonyl (C=O) groups excluding carboxylic acids is 2. The zero-order valence-electron chi connectivity index (χ0n) is 16.1.